The predicted molar refractivity (Wildman–Crippen MR) is 135 cm³/mol. The highest BCUT2D eigenvalue weighted by Gasteiger charge is 2.19. The van der Waals surface area contributed by atoms with Gasteiger partial charge in [0.25, 0.3) is 0 Å². The van der Waals surface area contributed by atoms with Gasteiger partial charge in [0.15, 0.2) is 5.65 Å². The van der Waals surface area contributed by atoms with Crippen LogP contribution >= 0.6 is 0 Å². The van der Waals surface area contributed by atoms with Crippen molar-refractivity contribution in [1.82, 2.24) is 24.4 Å². The lowest BCUT2D eigenvalue weighted by molar-refractivity contribution is -0.133. The van der Waals surface area contributed by atoms with E-state index in [9.17, 15) is 4.79 Å². The molecule has 3 heterocycles. The van der Waals surface area contributed by atoms with Gasteiger partial charge >= 0.3 is 0 Å². The second-order valence-corrected chi connectivity index (χ2v) is 9.03. The minimum absolute atomic E-state index is 0.0500. The first-order chi connectivity index (χ1) is 16.5. The van der Waals surface area contributed by atoms with E-state index in [0.717, 1.165) is 68.3 Å². The van der Waals surface area contributed by atoms with E-state index in [1.165, 1.54) is 16.7 Å². The lowest BCUT2D eigenvalue weighted by atomic mass is 10.0. The van der Waals surface area contributed by atoms with Gasteiger partial charge < -0.3 is 10.0 Å². The highest BCUT2D eigenvalue weighted by atomic mass is 16.3. The Morgan fingerprint density at radius 3 is 2.53 bits per heavy atom. The molecule has 1 fully saturated rings. The van der Waals surface area contributed by atoms with Gasteiger partial charge in [-0.2, -0.15) is 5.10 Å². The number of aliphatic hydroxyl groups is 1. The monoisotopic (exact) mass is 461 g/mol. The van der Waals surface area contributed by atoms with Crippen molar-refractivity contribution >= 4 is 17.6 Å². The molecule has 3 aromatic rings. The van der Waals surface area contributed by atoms with E-state index in [1.54, 1.807) is 0 Å². The van der Waals surface area contributed by atoms with Crippen molar-refractivity contribution in [3.8, 4) is 0 Å². The molecule has 1 aromatic carbocycles. The summed E-state index contributed by atoms with van der Waals surface area (Å²) in [7, 11) is 0. The van der Waals surface area contributed by atoms with E-state index in [1.807, 2.05) is 16.3 Å². The van der Waals surface area contributed by atoms with Crippen LogP contribution in [0.3, 0.4) is 0 Å². The van der Waals surface area contributed by atoms with Gasteiger partial charge in [-0.05, 0) is 37.5 Å². The molecular weight excluding hydrogens is 426 g/mol. The van der Waals surface area contributed by atoms with Gasteiger partial charge in [-0.25, -0.2) is 9.50 Å². The molecule has 1 aliphatic rings. The Morgan fingerprint density at radius 1 is 1.12 bits per heavy atom. The average molecular weight is 462 g/mol. The maximum Gasteiger partial charge on any atom is 0.224 e. The number of aryl methyl sites for hydroxylation is 3. The molecule has 1 amide bonds. The first-order valence-electron chi connectivity index (χ1n) is 12.2. The summed E-state index contributed by atoms with van der Waals surface area (Å²) in [4.78, 5) is 20.9. The van der Waals surface area contributed by atoms with Gasteiger partial charge in [0.1, 0.15) is 0 Å². The van der Waals surface area contributed by atoms with Gasteiger partial charge in [-0.15, -0.1) is 0 Å². The standard InChI is InChI=1S/C27H35N5O2/c1-4-25-24(27-28-20(2)18-21(3)32(27)29-25)19-23-9-7-22(8-10-23)6-5-12-30-13-15-31(16-14-30)26(34)11-17-33/h5-10,18,33H,4,11-17,19H2,1-3H3/b6-5+. The zero-order valence-electron chi connectivity index (χ0n) is 20.5. The fourth-order valence-corrected chi connectivity index (χ4v) is 4.60. The van der Waals surface area contributed by atoms with Crippen molar-refractivity contribution < 1.29 is 9.90 Å². The summed E-state index contributed by atoms with van der Waals surface area (Å²) in [6.45, 7) is 10.3. The number of carbonyl (C=O) groups excluding carboxylic acids is 1. The first-order valence-corrected chi connectivity index (χ1v) is 12.2. The topological polar surface area (TPSA) is 74.0 Å². The van der Waals surface area contributed by atoms with Crippen LogP contribution in [0.4, 0.5) is 0 Å². The number of hydrogen-bond acceptors (Lipinski definition) is 5. The number of nitrogens with zero attached hydrogens (tertiary/aromatic N) is 5. The van der Waals surface area contributed by atoms with Crippen LogP contribution in [0.1, 0.15) is 47.1 Å². The van der Waals surface area contributed by atoms with Crippen molar-refractivity contribution in [3.63, 3.8) is 0 Å². The second kappa shape index (κ2) is 10.9. The van der Waals surface area contributed by atoms with Gasteiger partial charge in [-0.3, -0.25) is 9.69 Å². The predicted octanol–water partition coefficient (Wildman–Crippen LogP) is 3.04. The van der Waals surface area contributed by atoms with Gasteiger partial charge in [0, 0.05) is 62.5 Å². The Hall–Kier alpha value is -3.03. The van der Waals surface area contributed by atoms with Gasteiger partial charge in [0.2, 0.25) is 5.91 Å². The summed E-state index contributed by atoms with van der Waals surface area (Å²) in [6.07, 6.45) is 6.29. The van der Waals surface area contributed by atoms with Gasteiger partial charge in [0.05, 0.1) is 12.3 Å². The number of piperazine rings is 1. The Morgan fingerprint density at radius 2 is 1.85 bits per heavy atom. The molecule has 0 bridgehead atoms. The third kappa shape index (κ3) is 5.54. The van der Waals surface area contributed by atoms with Crippen molar-refractivity contribution in [2.24, 2.45) is 0 Å². The van der Waals surface area contributed by atoms with E-state index in [0.29, 0.717) is 0 Å². The maximum atomic E-state index is 11.9. The van der Waals surface area contributed by atoms with Crippen LogP contribution in [0.2, 0.25) is 0 Å². The molecule has 1 N–H and O–H groups in total. The summed E-state index contributed by atoms with van der Waals surface area (Å²) in [5, 5.41) is 13.7. The molecule has 180 valence electrons. The van der Waals surface area contributed by atoms with E-state index < -0.39 is 0 Å². The summed E-state index contributed by atoms with van der Waals surface area (Å²) >= 11 is 0. The van der Waals surface area contributed by atoms with Crippen molar-refractivity contribution in [2.75, 3.05) is 39.3 Å². The Balaban J connectivity index is 1.35. The quantitative estimate of drug-likeness (QED) is 0.558. The Kier molecular flexibility index (Phi) is 7.75. The SMILES string of the molecule is CCc1nn2c(C)cc(C)nc2c1Cc1ccc(/C=C/CN2CCN(C(=O)CCO)CC2)cc1. The molecule has 7 heteroatoms. The summed E-state index contributed by atoms with van der Waals surface area (Å²) in [6, 6.07) is 10.8. The Bertz CT molecular complexity index is 1160. The zero-order chi connectivity index (χ0) is 24.1. The minimum Gasteiger partial charge on any atom is -0.396 e. The number of aliphatic hydroxyl groups excluding tert-OH is 1. The molecule has 4 rings (SSSR count). The number of hydrogen-bond donors (Lipinski definition) is 1. The number of aromatic nitrogens is 3. The molecule has 1 saturated heterocycles. The third-order valence-corrected chi connectivity index (χ3v) is 6.49. The van der Waals surface area contributed by atoms with E-state index in [2.05, 4.69) is 61.2 Å². The number of benzene rings is 1. The average Bonchev–Trinajstić information content (AvgIpc) is 3.18. The number of rotatable bonds is 8. The van der Waals surface area contributed by atoms with E-state index in [-0.39, 0.29) is 18.9 Å². The van der Waals surface area contributed by atoms with Crippen LogP contribution in [0.5, 0.6) is 0 Å². The van der Waals surface area contributed by atoms with E-state index in [4.69, 9.17) is 15.2 Å². The molecule has 34 heavy (non-hydrogen) atoms. The van der Waals surface area contributed by atoms with Crippen LogP contribution < -0.4 is 0 Å². The van der Waals surface area contributed by atoms with Gasteiger partial charge in [-0.1, -0.05) is 43.3 Å². The molecule has 0 aliphatic carbocycles. The van der Waals surface area contributed by atoms with Crippen LogP contribution in [0.25, 0.3) is 11.7 Å². The molecule has 1 aliphatic heterocycles. The van der Waals surface area contributed by atoms with Crippen molar-refractivity contribution in [3.05, 3.63) is 70.2 Å². The van der Waals surface area contributed by atoms with Crippen LogP contribution in [-0.4, -0.2) is 74.7 Å². The minimum atomic E-state index is -0.0737. The highest BCUT2D eigenvalue weighted by Crippen LogP contribution is 2.21. The van der Waals surface area contributed by atoms with Crippen molar-refractivity contribution in [1.29, 1.82) is 0 Å². The number of carbonyl (C=O) groups is 1. The van der Waals surface area contributed by atoms with Crippen LogP contribution in [0.15, 0.2) is 36.4 Å². The molecule has 0 unspecified atom stereocenters. The molecule has 0 radical (unpaired) electrons. The fraction of sp³-hybridized carbons (Fsp3) is 0.444. The zero-order valence-corrected chi connectivity index (χ0v) is 20.5. The molecule has 2 aromatic heterocycles. The lowest BCUT2D eigenvalue weighted by Gasteiger charge is -2.34. The Labute approximate surface area is 201 Å². The molecule has 0 spiro atoms. The smallest absolute Gasteiger partial charge is 0.224 e. The first kappa shape index (κ1) is 24.1. The molecule has 7 nitrogen and oxygen atoms in total. The molecule has 0 atom stereocenters. The molecular formula is C27H35N5O2. The largest absolute Gasteiger partial charge is 0.396 e. The fourth-order valence-electron chi connectivity index (χ4n) is 4.60. The summed E-state index contributed by atoms with van der Waals surface area (Å²) in [5.41, 5.74) is 7.87. The van der Waals surface area contributed by atoms with Crippen LogP contribution in [-0.2, 0) is 17.6 Å². The molecule has 0 saturated carbocycles. The number of amides is 1. The van der Waals surface area contributed by atoms with Crippen LogP contribution in [0, 0.1) is 13.8 Å². The number of fused-ring (bicyclic) bond motifs is 1. The summed E-state index contributed by atoms with van der Waals surface area (Å²) in [5.74, 6) is 0.0500. The summed E-state index contributed by atoms with van der Waals surface area (Å²) < 4.78 is 1.97. The second-order valence-electron chi connectivity index (χ2n) is 9.03. The normalized spacial score (nSPS) is 15.0. The highest BCUT2D eigenvalue weighted by molar-refractivity contribution is 5.76. The maximum absolute atomic E-state index is 11.9. The van der Waals surface area contributed by atoms with E-state index >= 15 is 0 Å². The lowest BCUT2D eigenvalue weighted by Crippen LogP contribution is -2.48. The third-order valence-electron chi connectivity index (χ3n) is 6.49. The van der Waals surface area contributed by atoms with Crippen molar-refractivity contribution in [2.45, 2.75) is 40.0 Å².